The number of rotatable bonds is 2. The van der Waals surface area contributed by atoms with Crippen LogP contribution in [0.5, 0.6) is 0 Å². The van der Waals surface area contributed by atoms with Crippen LogP contribution in [0, 0.1) is 0 Å². The smallest absolute Gasteiger partial charge is 2.00 e. The van der Waals surface area contributed by atoms with Crippen LogP contribution in [-0.2, 0) is 51.7 Å². The molecule has 0 unspecified atom stereocenters. The molecule has 0 aliphatic carbocycles. The maximum absolute atomic E-state index is 9.75. The van der Waals surface area contributed by atoms with Gasteiger partial charge in [-0.3, -0.25) is 9.59 Å². The molecule has 0 aliphatic rings. The minimum Gasteiger partial charge on any atom is -2.00 e. The first-order valence-corrected chi connectivity index (χ1v) is 3.10. The van der Waals surface area contributed by atoms with Crippen molar-refractivity contribution in [1.29, 1.82) is 0 Å². The molecule has 0 radical (unpaired) electrons. The van der Waals surface area contributed by atoms with Crippen LogP contribution in [0.3, 0.4) is 0 Å². The van der Waals surface area contributed by atoms with Crippen LogP contribution in [0.25, 0.3) is 0 Å². The van der Waals surface area contributed by atoms with Crippen molar-refractivity contribution in [3.63, 3.8) is 0 Å². The topological polar surface area (TPSA) is 110 Å². The molecule has 0 amide bonds. The van der Waals surface area contributed by atoms with Gasteiger partial charge >= 0.3 is 33.7 Å². The van der Waals surface area contributed by atoms with Crippen molar-refractivity contribution in [3.05, 3.63) is 25.7 Å². The molecule has 0 heterocycles. The molecule has 6 nitrogen and oxygen atoms in total. The van der Waals surface area contributed by atoms with Crippen molar-refractivity contribution in [3.8, 4) is 0 Å². The summed E-state index contributed by atoms with van der Waals surface area (Å²) in [6.45, 7) is 8.96. The zero-order chi connectivity index (χ0) is 9.98. The van der Waals surface area contributed by atoms with E-state index in [1.807, 2.05) is 0 Å². The number of carbonyl (C=O) groups excluding carboxylic acids is 2. The number of carbonyl (C=O) groups is 2. The van der Waals surface area contributed by atoms with Gasteiger partial charge in [-0.25, -0.2) is 0 Å². The molecule has 0 aliphatic heterocycles. The van der Waals surface area contributed by atoms with Gasteiger partial charge in [-0.05, 0) is 0 Å². The molecule has 0 aromatic carbocycles. The number of hydrogen-bond acceptors (Lipinski definition) is 4. The van der Waals surface area contributed by atoms with Crippen molar-refractivity contribution in [2.24, 2.45) is 0 Å². The fraction of sp³-hybridized carbons (Fsp3) is 0.250. The van der Waals surface area contributed by atoms with Crippen LogP contribution in [-0.4, -0.2) is 11.9 Å². The number of ether oxygens (including phenoxy) is 2. The van der Waals surface area contributed by atoms with Crippen molar-refractivity contribution < 1.29 is 51.7 Å². The van der Waals surface area contributed by atoms with Crippen molar-refractivity contribution in [1.82, 2.24) is 0 Å². The van der Waals surface area contributed by atoms with Gasteiger partial charge in [0.05, 0.1) is 12.5 Å². The Labute approximate surface area is 103 Å². The Kier molecular flexibility index (Phi) is 45.1. The zero-order valence-corrected chi connectivity index (χ0v) is 10.1. The average molecular weight is 252 g/mol. The Bertz CT molecular complexity index is 160. The van der Waals surface area contributed by atoms with E-state index in [0.29, 0.717) is 0 Å². The third-order valence-corrected chi connectivity index (χ3v) is 0.499. The first-order valence-electron chi connectivity index (χ1n) is 3.10. The Morgan fingerprint density at radius 2 is 1.13 bits per heavy atom. The van der Waals surface area contributed by atoms with E-state index in [-0.39, 0.29) is 44.6 Å². The van der Waals surface area contributed by atoms with Crippen LogP contribution in [0.1, 0.15) is 13.8 Å². The molecule has 0 aromatic rings. The largest absolute Gasteiger partial charge is 4.00 e. The molecule has 0 saturated heterocycles. The molecule has 84 valence electrons. The third-order valence-electron chi connectivity index (χ3n) is 0.499. The van der Waals surface area contributed by atoms with Gasteiger partial charge in [0.15, 0.2) is 0 Å². The fourth-order valence-electron chi connectivity index (χ4n) is 0.235. The summed E-state index contributed by atoms with van der Waals surface area (Å²) >= 11 is 0. The second kappa shape index (κ2) is 23.1. The van der Waals surface area contributed by atoms with Crippen molar-refractivity contribution in [2.45, 2.75) is 13.8 Å². The Balaban J connectivity index is -0.0000000370. The minimum atomic E-state index is -0.329. The molecule has 15 heavy (non-hydrogen) atoms. The van der Waals surface area contributed by atoms with Crippen LogP contribution in [0.4, 0.5) is 0 Å². The first-order chi connectivity index (χ1) is 5.54. The van der Waals surface area contributed by atoms with E-state index in [1.165, 1.54) is 13.8 Å². The number of esters is 2. The minimum absolute atomic E-state index is 0. The second-order valence-electron chi connectivity index (χ2n) is 1.55. The summed E-state index contributed by atoms with van der Waals surface area (Å²) in [5.41, 5.74) is 0. The van der Waals surface area contributed by atoms with Gasteiger partial charge in [0.25, 0.3) is 0 Å². The van der Waals surface area contributed by atoms with E-state index in [0.717, 1.165) is 12.5 Å². The van der Waals surface area contributed by atoms with Gasteiger partial charge in [0.2, 0.25) is 0 Å². The zero-order valence-electron chi connectivity index (χ0n) is 8.52. The van der Waals surface area contributed by atoms with E-state index in [4.69, 9.17) is 0 Å². The Morgan fingerprint density at radius 1 is 0.933 bits per heavy atom. The summed E-state index contributed by atoms with van der Waals surface area (Å²) < 4.78 is 8.33. The van der Waals surface area contributed by atoms with Crippen molar-refractivity contribution >= 4 is 11.9 Å². The van der Waals surface area contributed by atoms with Gasteiger partial charge in [0, 0.05) is 13.8 Å². The molecule has 7 heteroatoms. The molecular weight excluding hydrogens is 240 g/mol. The van der Waals surface area contributed by atoms with E-state index in [1.54, 1.807) is 0 Å². The standard InChI is InChI=1S/2C4H6O2.2O.Ti/c2*1-3-6-4(2)5;;;/h2*3H,1H2,2H3;;;/q;;2*-2;+4. The van der Waals surface area contributed by atoms with Crippen molar-refractivity contribution in [2.75, 3.05) is 0 Å². The summed E-state index contributed by atoms with van der Waals surface area (Å²) in [5, 5.41) is 0. The molecule has 0 atom stereocenters. The molecule has 0 rings (SSSR count). The Morgan fingerprint density at radius 3 is 1.13 bits per heavy atom. The molecule has 0 aromatic heterocycles. The molecule has 0 fully saturated rings. The Hall–Kier alpha value is -0.946. The van der Waals surface area contributed by atoms with Gasteiger partial charge < -0.3 is 20.4 Å². The predicted molar refractivity (Wildman–Crippen MR) is 45.3 cm³/mol. The van der Waals surface area contributed by atoms with Crippen LogP contribution in [0.15, 0.2) is 25.7 Å². The monoisotopic (exact) mass is 252 g/mol. The predicted octanol–water partition coefficient (Wildman–Crippen LogP) is 1.15. The van der Waals surface area contributed by atoms with Crippen LogP contribution in [0.2, 0.25) is 0 Å². The summed E-state index contributed by atoms with van der Waals surface area (Å²) in [6.07, 6.45) is 2.20. The van der Waals surface area contributed by atoms with Crippen LogP contribution < -0.4 is 0 Å². The van der Waals surface area contributed by atoms with E-state index in [9.17, 15) is 9.59 Å². The van der Waals surface area contributed by atoms with Gasteiger partial charge in [-0.1, -0.05) is 13.2 Å². The molecule has 0 N–H and O–H groups in total. The van der Waals surface area contributed by atoms with E-state index in [2.05, 4.69) is 22.6 Å². The maximum Gasteiger partial charge on any atom is 4.00 e. The summed E-state index contributed by atoms with van der Waals surface area (Å²) in [6, 6.07) is 0. The summed E-state index contributed by atoms with van der Waals surface area (Å²) in [5.74, 6) is -0.657. The number of hydrogen-bond donors (Lipinski definition) is 0. The molecule has 0 bridgehead atoms. The quantitative estimate of drug-likeness (QED) is 0.416. The average Bonchev–Trinajstić information content (AvgIpc) is 1.87. The molecule has 0 spiro atoms. The summed E-state index contributed by atoms with van der Waals surface area (Å²) in [4.78, 5) is 19.5. The van der Waals surface area contributed by atoms with E-state index < -0.39 is 0 Å². The van der Waals surface area contributed by atoms with Crippen LogP contribution >= 0.6 is 0 Å². The SMILES string of the molecule is C=COC(C)=O.C=COC(C)=O.[O-2].[O-2].[Ti+4]. The van der Waals surface area contributed by atoms with E-state index >= 15 is 0 Å². The summed E-state index contributed by atoms with van der Waals surface area (Å²) in [7, 11) is 0. The van der Waals surface area contributed by atoms with Gasteiger partial charge in [-0.2, -0.15) is 0 Å². The van der Waals surface area contributed by atoms with Gasteiger partial charge in [0.1, 0.15) is 0 Å². The second-order valence-corrected chi connectivity index (χ2v) is 1.55. The molecule has 0 saturated carbocycles. The fourth-order valence-corrected chi connectivity index (χ4v) is 0.235. The first kappa shape index (κ1) is 29.2. The van der Waals surface area contributed by atoms with Gasteiger partial charge in [-0.15, -0.1) is 0 Å². The normalized spacial score (nSPS) is 5.47. The molecular formula is C8H12O6Ti. The maximum atomic E-state index is 9.75. The third kappa shape index (κ3) is 62.4.